The van der Waals surface area contributed by atoms with Crippen LogP contribution in [0.5, 0.6) is 11.5 Å². The van der Waals surface area contributed by atoms with Crippen molar-refractivity contribution in [2.24, 2.45) is 0 Å². The van der Waals surface area contributed by atoms with Crippen LogP contribution in [-0.4, -0.2) is 22.4 Å². The molecule has 2 aromatic carbocycles. The van der Waals surface area contributed by atoms with Gasteiger partial charge in [0.2, 0.25) is 0 Å². The average Bonchev–Trinajstić information content (AvgIpc) is 2.72. The van der Waals surface area contributed by atoms with E-state index in [-0.39, 0.29) is 18.2 Å². The van der Waals surface area contributed by atoms with Crippen molar-refractivity contribution in [1.82, 2.24) is 4.98 Å². The van der Waals surface area contributed by atoms with E-state index in [0.717, 1.165) is 5.56 Å². The van der Waals surface area contributed by atoms with Gasteiger partial charge in [-0.05, 0) is 30.3 Å². The van der Waals surface area contributed by atoms with Gasteiger partial charge in [-0.2, -0.15) is 0 Å². The first-order valence-corrected chi connectivity index (χ1v) is 8.39. The fourth-order valence-electron chi connectivity index (χ4n) is 2.32. The first-order valence-electron chi connectivity index (χ1n) is 8.39. The van der Waals surface area contributed by atoms with Gasteiger partial charge in [0.25, 0.3) is 11.6 Å². The van der Waals surface area contributed by atoms with Crippen molar-refractivity contribution in [3.05, 3.63) is 88.7 Å². The second-order valence-electron chi connectivity index (χ2n) is 5.77. The number of rotatable bonds is 8. The SMILES string of the molecule is O=C(COc1ccc([N+](=O)[O-])cc1)Nc1cccc(OCc2cccnc2)c1. The molecule has 0 fully saturated rings. The molecule has 0 aliphatic rings. The Morgan fingerprint density at radius 1 is 1.04 bits per heavy atom. The van der Waals surface area contributed by atoms with Crippen LogP contribution in [0.1, 0.15) is 5.56 Å². The number of hydrogen-bond acceptors (Lipinski definition) is 6. The third kappa shape index (κ3) is 5.53. The van der Waals surface area contributed by atoms with E-state index < -0.39 is 4.92 Å². The fraction of sp³-hybridized carbons (Fsp3) is 0.100. The van der Waals surface area contributed by atoms with Crippen molar-refractivity contribution < 1.29 is 19.2 Å². The summed E-state index contributed by atoms with van der Waals surface area (Å²) in [7, 11) is 0. The quantitative estimate of drug-likeness (QED) is 0.474. The predicted molar refractivity (Wildman–Crippen MR) is 102 cm³/mol. The zero-order valence-corrected chi connectivity index (χ0v) is 14.8. The molecule has 1 amide bonds. The number of aromatic nitrogens is 1. The van der Waals surface area contributed by atoms with E-state index in [9.17, 15) is 14.9 Å². The van der Waals surface area contributed by atoms with Crippen molar-refractivity contribution in [3.8, 4) is 11.5 Å². The van der Waals surface area contributed by atoms with Crippen LogP contribution >= 0.6 is 0 Å². The number of non-ortho nitro benzene ring substituents is 1. The normalized spacial score (nSPS) is 10.1. The zero-order chi connectivity index (χ0) is 19.8. The van der Waals surface area contributed by atoms with E-state index in [2.05, 4.69) is 10.3 Å². The molecular weight excluding hydrogens is 362 g/mol. The van der Waals surface area contributed by atoms with Gasteiger partial charge in [-0.3, -0.25) is 19.9 Å². The first kappa shape index (κ1) is 18.8. The number of ether oxygens (including phenoxy) is 2. The average molecular weight is 379 g/mol. The lowest BCUT2D eigenvalue weighted by Crippen LogP contribution is -2.20. The third-order valence-corrected chi connectivity index (χ3v) is 3.66. The van der Waals surface area contributed by atoms with Crippen LogP contribution in [0, 0.1) is 10.1 Å². The predicted octanol–water partition coefficient (Wildman–Crippen LogP) is 3.59. The molecule has 0 radical (unpaired) electrons. The fourth-order valence-corrected chi connectivity index (χ4v) is 2.32. The summed E-state index contributed by atoms with van der Waals surface area (Å²) in [5.41, 5.74) is 1.47. The summed E-state index contributed by atoms with van der Waals surface area (Å²) in [4.78, 5) is 26.2. The number of nitro benzene ring substituents is 1. The van der Waals surface area contributed by atoms with E-state index >= 15 is 0 Å². The molecule has 0 unspecified atom stereocenters. The standard InChI is InChI=1S/C20H17N3O5/c24-20(14-28-18-8-6-17(7-9-18)23(25)26)22-16-4-1-5-19(11-16)27-13-15-3-2-10-21-12-15/h1-12H,13-14H2,(H,22,24). The summed E-state index contributed by atoms with van der Waals surface area (Å²) in [5, 5.41) is 13.3. The van der Waals surface area contributed by atoms with Gasteiger partial charge in [0.1, 0.15) is 18.1 Å². The van der Waals surface area contributed by atoms with Gasteiger partial charge in [0.05, 0.1) is 4.92 Å². The molecule has 8 heteroatoms. The third-order valence-electron chi connectivity index (χ3n) is 3.66. The van der Waals surface area contributed by atoms with Gasteiger partial charge in [-0.15, -0.1) is 0 Å². The first-order chi connectivity index (χ1) is 13.6. The van der Waals surface area contributed by atoms with Crippen LogP contribution in [0.15, 0.2) is 73.1 Å². The summed E-state index contributed by atoms with van der Waals surface area (Å²) in [5.74, 6) is 0.620. The van der Waals surface area contributed by atoms with Gasteiger partial charge in [-0.25, -0.2) is 0 Å². The van der Waals surface area contributed by atoms with Gasteiger partial charge < -0.3 is 14.8 Å². The smallest absolute Gasteiger partial charge is 0.269 e. The molecule has 0 atom stereocenters. The summed E-state index contributed by atoms with van der Waals surface area (Å²) in [6.07, 6.45) is 3.42. The molecule has 3 aromatic rings. The molecule has 1 N–H and O–H groups in total. The van der Waals surface area contributed by atoms with Crippen molar-refractivity contribution in [2.45, 2.75) is 6.61 Å². The summed E-state index contributed by atoms with van der Waals surface area (Å²) < 4.78 is 11.0. The molecule has 0 saturated carbocycles. The topological polar surface area (TPSA) is 104 Å². The van der Waals surface area contributed by atoms with Gasteiger partial charge in [-0.1, -0.05) is 12.1 Å². The van der Waals surface area contributed by atoms with E-state index in [4.69, 9.17) is 9.47 Å². The summed E-state index contributed by atoms with van der Waals surface area (Å²) in [6.45, 7) is 0.146. The number of carbonyl (C=O) groups excluding carboxylic acids is 1. The van der Waals surface area contributed by atoms with Crippen LogP contribution in [-0.2, 0) is 11.4 Å². The Balaban J connectivity index is 1.50. The Hall–Kier alpha value is -3.94. The molecule has 0 saturated heterocycles. The number of nitro groups is 1. The monoisotopic (exact) mass is 379 g/mol. The van der Waals surface area contributed by atoms with Crippen LogP contribution in [0.2, 0.25) is 0 Å². The highest BCUT2D eigenvalue weighted by molar-refractivity contribution is 5.92. The molecule has 0 spiro atoms. The lowest BCUT2D eigenvalue weighted by Gasteiger charge is -2.10. The van der Waals surface area contributed by atoms with Gasteiger partial charge in [0.15, 0.2) is 6.61 Å². The minimum absolute atomic E-state index is 0.0418. The molecule has 28 heavy (non-hydrogen) atoms. The van der Waals surface area contributed by atoms with E-state index in [1.165, 1.54) is 24.3 Å². The van der Waals surface area contributed by atoms with Crippen LogP contribution in [0.25, 0.3) is 0 Å². The maximum absolute atomic E-state index is 12.1. The van der Waals surface area contributed by atoms with Crippen molar-refractivity contribution in [2.75, 3.05) is 11.9 Å². The molecule has 1 aromatic heterocycles. The molecule has 3 rings (SSSR count). The van der Waals surface area contributed by atoms with Crippen molar-refractivity contribution >= 4 is 17.3 Å². The summed E-state index contributed by atoms with van der Waals surface area (Å²) >= 11 is 0. The number of nitrogens with one attached hydrogen (secondary N) is 1. The van der Waals surface area contributed by atoms with Crippen LogP contribution in [0.4, 0.5) is 11.4 Å². The van der Waals surface area contributed by atoms with E-state index in [0.29, 0.717) is 23.8 Å². The minimum Gasteiger partial charge on any atom is -0.489 e. The summed E-state index contributed by atoms with van der Waals surface area (Å²) in [6, 6.07) is 16.3. The highest BCUT2D eigenvalue weighted by Gasteiger charge is 2.07. The van der Waals surface area contributed by atoms with E-state index in [1.54, 1.807) is 36.7 Å². The highest BCUT2D eigenvalue weighted by atomic mass is 16.6. The molecule has 142 valence electrons. The van der Waals surface area contributed by atoms with Crippen LogP contribution in [0.3, 0.4) is 0 Å². The number of hydrogen-bond donors (Lipinski definition) is 1. The maximum atomic E-state index is 12.1. The Bertz CT molecular complexity index is 946. The molecule has 8 nitrogen and oxygen atoms in total. The van der Waals surface area contributed by atoms with Crippen LogP contribution < -0.4 is 14.8 Å². The van der Waals surface area contributed by atoms with Gasteiger partial charge >= 0.3 is 0 Å². The Morgan fingerprint density at radius 3 is 2.57 bits per heavy atom. The van der Waals surface area contributed by atoms with E-state index in [1.807, 2.05) is 12.1 Å². The van der Waals surface area contributed by atoms with Gasteiger partial charge in [0, 0.05) is 41.8 Å². The number of benzene rings is 2. The molecule has 1 heterocycles. The number of carbonyl (C=O) groups is 1. The van der Waals surface area contributed by atoms with Crippen molar-refractivity contribution in [3.63, 3.8) is 0 Å². The zero-order valence-electron chi connectivity index (χ0n) is 14.8. The second kappa shape index (κ2) is 9.13. The lowest BCUT2D eigenvalue weighted by atomic mass is 10.3. The Labute approximate surface area is 160 Å². The highest BCUT2D eigenvalue weighted by Crippen LogP contribution is 2.19. The maximum Gasteiger partial charge on any atom is 0.269 e. The number of pyridine rings is 1. The molecule has 0 aliphatic carbocycles. The number of nitrogens with zero attached hydrogens (tertiary/aromatic N) is 2. The van der Waals surface area contributed by atoms with Crippen molar-refractivity contribution in [1.29, 1.82) is 0 Å². The minimum atomic E-state index is -0.500. The number of anilines is 1. The largest absolute Gasteiger partial charge is 0.489 e. The Kier molecular flexibility index (Phi) is 6.14. The second-order valence-corrected chi connectivity index (χ2v) is 5.77. The number of amides is 1. The Morgan fingerprint density at radius 2 is 1.86 bits per heavy atom. The lowest BCUT2D eigenvalue weighted by molar-refractivity contribution is -0.384. The molecule has 0 bridgehead atoms. The molecular formula is C20H17N3O5. The molecule has 0 aliphatic heterocycles.